The zero-order valence-corrected chi connectivity index (χ0v) is 11.4. The predicted octanol–water partition coefficient (Wildman–Crippen LogP) is 1.22. The number of amides is 1. The summed E-state index contributed by atoms with van der Waals surface area (Å²) in [6.45, 7) is 1.30. The maximum Gasteiger partial charge on any atom is 0.326 e. The van der Waals surface area contributed by atoms with E-state index in [0.717, 1.165) is 38.5 Å². The molecule has 1 heterocycles. The van der Waals surface area contributed by atoms with Crippen molar-refractivity contribution in [3.8, 4) is 0 Å². The summed E-state index contributed by atoms with van der Waals surface area (Å²) >= 11 is 0. The van der Waals surface area contributed by atoms with Gasteiger partial charge in [-0.05, 0) is 44.1 Å². The van der Waals surface area contributed by atoms with E-state index in [0.29, 0.717) is 25.4 Å². The summed E-state index contributed by atoms with van der Waals surface area (Å²) in [7, 11) is 0. The van der Waals surface area contributed by atoms with Crippen LogP contribution in [0.3, 0.4) is 0 Å². The quantitative estimate of drug-likeness (QED) is 0.709. The number of hydrogen-bond donors (Lipinski definition) is 2. The van der Waals surface area contributed by atoms with E-state index in [9.17, 15) is 14.7 Å². The molecule has 2 rings (SSSR count). The summed E-state index contributed by atoms with van der Waals surface area (Å²) in [4.78, 5) is 25.2. The number of nitrogens with two attached hydrogens (primary N) is 1. The number of carbonyl (C=O) groups excluding carboxylic acids is 1. The van der Waals surface area contributed by atoms with Crippen molar-refractivity contribution in [2.45, 2.75) is 51.0 Å². The van der Waals surface area contributed by atoms with Crippen molar-refractivity contribution in [3.05, 3.63) is 0 Å². The first-order valence-corrected chi connectivity index (χ1v) is 7.37. The molecule has 1 saturated carbocycles. The molecular formula is C14H24N2O3. The summed E-state index contributed by atoms with van der Waals surface area (Å²) in [5.74, 6) is -0.219. The number of nitrogens with zero attached hydrogens (tertiary/aromatic N) is 1. The molecule has 0 aromatic heterocycles. The maximum atomic E-state index is 12.2. The van der Waals surface area contributed by atoms with Gasteiger partial charge in [-0.3, -0.25) is 4.79 Å². The number of hydrogen-bond acceptors (Lipinski definition) is 3. The highest BCUT2D eigenvalue weighted by atomic mass is 16.4. The molecule has 3 atom stereocenters. The fraction of sp³-hybridized carbons (Fsp3) is 0.857. The maximum absolute atomic E-state index is 12.2. The van der Waals surface area contributed by atoms with Crippen molar-refractivity contribution in [2.75, 3.05) is 13.1 Å². The third-order valence-electron chi connectivity index (χ3n) is 4.56. The van der Waals surface area contributed by atoms with Crippen molar-refractivity contribution < 1.29 is 14.7 Å². The van der Waals surface area contributed by atoms with Crippen LogP contribution in [0, 0.1) is 11.8 Å². The van der Waals surface area contributed by atoms with Crippen LogP contribution in [-0.2, 0) is 9.59 Å². The van der Waals surface area contributed by atoms with Gasteiger partial charge in [0.15, 0.2) is 0 Å². The van der Waals surface area contributed by atoms with Gasteiger partial charge in [0.05, 0.1) is 0 Å². The van der Waals surface area contributed by atoms with Crippen LogP contribution in [-0.4, -0.2) is 41.0 Å². The Morgan fingerprint density at radius 3 is 2.68 bits per heavy atom. The second-order valence-corrected chi connectivity index (χ2v) is 5.78. The molecule has 1 aliphatic heterocycles. The molecule has 19 heavy (non-hydrogen) atoms. The van der Waals surface area contributed by atoms with Crippen LogP contribution in [0.5, 0.6) is 0 Å². The topological polar surface area (TPSA) is 83.6 Å². The minimum atomic E-state index is -0.829. The number of rotatable bonds is 6. The van der Waals surface area contributed by atoms with E-state index in [4.69, 9.17) is 5.73 Å². The van der Waals surface area contributed by atoms with Gasteiger partial charge in [0, 0.05) is 13.0 Å². The molecule has 1 amide bonds. The van der Waals surface area contributed by atoms with E-state index in [1.54, 1.807) is 4.90 Å². The smallest absolute Gasteiger partial charge is 0.326 e. The van der Waals surface area contributed by atoms with E-state index in [-0.39, 0.29) is 11.8 Å². The third-order valence-corrected chi connectivity index (χ3v) is 4.56. The van der Waals surface area contributed by atoms with E-state index in [1.165, 1.54) is 0 Å². The highest BCUT2D eigenvalue weighted by molar-refractivity contribution is 5.84. The van der Waals surface area contributed by atoms with Gasteiger partial charge >= 0.3 is 5.97 Å². The lowest BCUT2D eigenvalue weighted by atomic mass is 9.94. The number of aliphatic carboxylic acids is 1. The Kier molecular flexibility index (Phi) is 4.80. The van der Waals surface area contributed by atoms with E-state index >= 15 is 0 Å². The number of carbonyl (C=O) groups is 2. The summed E-state index contributed by atoms with van der Waals surface area (Å²) in [6, 6.07) is -0.575. The van der Waals surface area contributed by atoms with Gasteiger partial charge in [-0.25, -0.2) is 4.79 Å². The fourth-order valence-electron chi connectivity index (χ4n) is 3.62. The molecule has 0 aromatic rings. The third kappa shape index (κ3) is 3.08. The molecule has 2 aliphatic rings. The zero-order chi connectivity index (χ0) is 13.8. The minimum Gasteiger partial charge on any atom is -0.480 e. The Labute approximate surface area is 114 Å². The molecule has 5 heteroatoms. The molecule has 0 bridgehead atoms. The Hall–Kier alpha value is -1.10. The minimum absolute atomic E-state index is 0.0128. The molecule has 0 spiro atoms. The average Bonchev–Trinajstić information content (AvgIpc) is 2.93. The van der Waals surface area contributed by atoms with Crippen molar-refractivity contribution in [1.29, 1.82) is 0 Å². The molecule has 1 saturated heterocycles. The number of unbranched alkanes of at least 4 members (excludes halogenated alkanes) is 2. The standard InChI is InChI=1S/C14H24N2O3/c15-8-3-1-2-7-12(17)16-9-10-5-4-6-11(10)13(16)14(18)19/h10-11,13H,1-9,15H2,(H,18,19). The van der Waals surface area contributed by atoms with Gasteiger partial charge in [-0.2, -0.15) is 0 Å². The summed E-state index contributed by atoms with van der Waals surface area (Å²) in [5, 5.41) is 9.38. The van der Waals surface area contributed by atoms with Crippen molar-refractivity contribution >= 4 is 11.9 Å². The molecule has 1 aliphatic carbocycles. The van der Waals surface area contributed by atoms with Crippen LogP contribution < -0.4 is 5.73 Å². The van der Waals surface area contributed by atoms with Gasteiger partial charge < -0.3 is 15.7 Å². The average molecular weight is 268 g/mol. The zero-order valence-electron chi connectivity index (χ0n) is 11.4. The van der Waals surface area contributed by atoms with E-state index in [2.05, 4.69) is 0 Å². The SMILES string of the molecule is NCCCCCC(=O)N1CC2CCCC2C1C(=O)O. The first kappa shape index (κ1) is 14.3. The molecule has 5 nitrogen and oxygen atoms in total. The largest absolute Gasteiger partial charge is 0.480 e. The number of likely N-dealkylation sites (tertiary alicyclic amines) is 1. The molecule has 3 unspecified atom stereocenters. The first-order chi connectivity index (χ1) is 9.15. The summed E-state index contributed by atoms with van der Waals surface area (Å²) in [5.41, 5.74) is 5.42. The fourth-order valence-corrected chi connectivity index (χ4v) is 3.62. The summed E-state index contributed by atoms with van der Waals surface area (Å²) < 4.78 is 0. The molecule has 108 valence electrons. The lowest BCUT2D eigenvalue weighted by molar-refractivity contribution is -0.149. The number of fused-ring (bicyclic) bond motifs is 1. The normalized spacial score (nSPS) is 29.5. The Bertz CT molecular complexity index is 346. The molecule has 0 aromatic carbocycles. The second kappa shape index (κ2) is 6.37. The van der Waals surface area contributed by atoms with Crippen LogP contribution >= 0.6 is 0 Å². The monoisotopic (exact) mass is 268 g/mol. The van der Waals surface area contributed by atoms with Crippen LogP contribution in [0.15, 0.2) is 0 Å². The Morgan fingerprint density at radius 2 is 2.00 bits per heavy atom. The first-order valence-electron chi connectivity index (χ1n) is 7.37. The van der Waals surface area contributed by atoms with Gasteiger partial charge in [-0.1, -0.05) is 12.8 Å². The van der Waals surface area contributed by atoms with Gasteiger partial charge in [0.1, 0.15) is 6.04 Å². The van der Waals surface area contributed by atoms with Crippen LogP contribution in [0.25, 0.3) is 0 Å². The van der Waals surface area contributed by atoms with Gasteiger partial charge in [-0.15, -0.1) is 0 Å². The number of carboxylic acid groups (broad SMARTS) is 1. The predicted molar refractivity (Wildman–Crippen MR) is 71.5 cm³/mol. The van der Waals surface area contributed by atoms with E-state index in [1.807, 2.05) is 0 Å². The Balaban J connectivity index is 1.91. The van der Waals surface area contributed by atoms with Crippen LogP contribution in [0.2, 0.25) is 0 Å². The van der Waals surface area contributed by atoms with Crippen LogP contribution in [0.1, 0.15) is 44.9 Å². The lowest BCUT2D eigenvalue weighted by Gasteiger charge is -2.24. The highest BCUT2D eigenvalue weighted by Gasteiger charge is 2.49. The van der Waals surface area contributed by atoms with E-state index < -0.39 is 12.0 Å². The van der Waals surface area contributed by atoms with Crippen molar-refractivity contribution in [1.82, 2.24) is 4.90 Å². The highest BCUT2D eigenvalue weighted by Crippen LogP contribution is 2.42. The molecule has 2 fully saturated rings. The van der Waals surface area contributed by atoms with Gasteiger partial charge in [0.25, 0.3) is 0 Å². The Morgan fingerprint density at radius 1 is 1.21 bits per heavy atom. The summed E-state index contributed by atoms with van der Waals surface area (Å²) in [6.07, 6.45) is 6.29. The second-order valence-electron chi connectivity index (χ2n) is 5.78. The molecule has 3 N–H and O–H groups in total. The molecule has 0 radical (unpaired) electrons. The van der Waals surface area contributed by atoms with Crippen molar-refractivity contribution in [2.24, 2.45) is 17.6 Å². The van der Waals surface area contributed by atoms with Crippen LogP contribution in [0.4, 0.5) is 0 Å². The molecular weight excluding hydrogens is 244 g/mol. The van der Waals surface area contributed by atoms with Gasteiger partial charge in [0.2, 0.25) is 5.91 Å². The van der Waals surface area contributed by atoms with Crippen molar-refractivity contribution in [3.63, 3.8) is 0 Å². The number of carboxylic acids is 1. The lowest BCUT2D eigenvalue weighted by Crippen LogP contribution is -2.43.